The minimum absolute atomic E-state index is 0.157. The number of carbonyl (C=O) groups is 1. The number of nitrogens with zero attached hydrogens (tertiary/aromatic N) is 4. The summed E-state index contributed by atoms with van der Waals surface area (Å²) in [5, 5.41) is 1.09. The predicted molar refractivity (Wildman–Crippen MR) is 112 cm³/mol. The van der Waals surface area contributed by atoms with Gasteiger partial charge in [0, 0.05) is 26.2 Å². The Morgan fingerprint density at radius 1 is 1.04 bits per heavy atom. The van der Waals surface area contributed by atoms with Crippen LogP contribution in [-0.2, 0) is 0 Å². The van der Waals surface area contributed by atoms with E-state index in [1.54, 1.807) is 11.3 Å². The van der Waals surface area contributed by atoms with Crippen LogP contribution in [0.4, 0.5) is 5.82 Å². The lowest BCUT2D eigenvalue weighted by Crippen LogP contribution is -2.38. The van der Waals surface area contributed by atoms with Gasteiger partial charge in [0.25, 0.3) is 5.91 Å². The highest BCUT2D eigenvalue weighted by atomic mass is 32.1. The van der Waals surface area contributed by atoms with Crippen LogP contribution in [0, 0.1) is 13.8 Å². The minimum Gasteiger partial charge on any atom is -0.356 e. The van der Waals surface area contributed by atoms with E-state index >= 15 is 0 Å². The van der Waals surface area contributed by atoms with Gasteiger partial charge in [-0.1, -0.05) is 19.3 Å². The summed E-state index contributed by atoms with van der Waals surface area (Å²) in [6, 6.07) is 0.380. The van der Waals surface area contributed by atoms with E-state index in [0.717, 1.165) is 58.2 Å². The van der Waals surface area contributed by atoms with Crippen molar-refractivity contribution in [2.75, 3.05) is 25.0 Å². The quantitative estimate of drug-likeness (QED) is 0.767. The fraction of sp³-hybridized carbons (Fsp3) is 0.667. The van der Waals surface area contributed by atoms with E-state index in [2.05, 4.69) is 16.8 Å². The first-order valence-corrected chi connectivity index (χ1v) is 11.2. The van der Waals surface area contributed by atoms with Gasteiger partial charge in [-0.15, -0.1) is 11.3 Å². The molecule has 1 saturated carbocycles. The molecule has 146 valence electrons. The van der Waals surface area contributed by atoms with E-state index in [-0.39, 0.29) is 5.91 Å². The van der Waals surface area contributed by atoms with Gasteiger partial charge in [0.05, 0.1) is 10.3 Å². The lowest BCUT2D eigenvalue weighted by molar-refractivity contribution is 0.0700. The Labute approximate surface area is 165 Å². The van der Waals surface area contributed by atoms with Gasteiger partial charge in [0.1, 0.15) is 16.5 Å². The third kappa shape index (κ3) is 3.56. The maximum absolute atomic E-state index is 13.3. The Hall–Kier alpha value is -1.69. The molecule has 4 rings (SSSR count). The number of aromatic nitrogens is 2. The van der Waals surface area contributed by atoms with Crippen LogP contribution in [-0.4, -0.2) is 47.0 Å². The number of aryl methyl sites for hydroxylation is 2. The van der Waals surface area contributed by atoms with Crippen molar-refractivity contribution < 1.29 is 4.79 Å². The molecule has 3 heterocycles. The van der Waals surface area contributed by atoms with Crippen LogP contribution in [0.5, 0.6) is 0 Å². The molecule has 0 N–H and O–H groups in total. The second-order valence-corrected chi connectivity index (χ2v) is 9.09. The van der Waals surface area contributed by atoms with E-state index in [9.17, 15) is 4.79 Å². The summed E-state index contributed by atoms with van der Waals surface area (Å²) in [5.41, 5.74) is 1.06. The third-order valence-corrected chi connectivity index (χ3v) is 7.35. The first-order valence-electron chi connectivity index (χ1n) is 10.4. The molecule has 6 heteroatoms. The van der Waals surface area contributed by atoms with Crippen molar-refractivity contribution in [3.63, 3.8) is 0 Å². The van der Waals surface area contributed by atoms with Crippen molar-refractivity contribution in [3.05, 3.63) is 16.3 Å². The molecule has 0 spiro atoms. The number of piperidine rings is 1. The second kappa shape index (κ2) is 7.74. The molecule has 1 aliphatic heterocycles. The Bertz CT molecular complexity index is 834. The minimum atomic E-state index is 0.157. The average Bonchev–Trinajstić information content (AvgIpc) is 3.03. The molecule has 2 aromatic rings. The summed E-state index contributed by atoms with van der Waals surface area (Å²) in [4.78, 5) is 28.9. The molecule has 2 fully saturated rings. The summed E-state index contributed by atoms with van der Waals surface area (Å²) in [6.45, 7) is 6.13. The first-order chi connectivity index (χ1) is 13.1. The fourth-order valence-corrected chi connectivity index (χ4v) is 5.76. The van der Waals surface area contributed by atoms with E-state index in [1.165, 1.54) is 38.5 Å². The van der Waals surface area contributed by atoms with Crippen LogP contribution < -0.4 is 4.90 Å². The smallest absolute Gasteiger partial charge is 0.264 e. The third-order valence-electron chi connectivity index (χ3n) is 6.18. The van der Waals surface area contributed by atoms with Crippen molar-refractivity contribution in [1.29, 1.82) is 0 Å². The maximum Gasteiger partial charge on any atom is 0.264 e. The Morgan fingerprint density at radius 2 is 1.70 bits per heavy atom. The standard InChI is InChI=1S/C21H30N4OS/c1-14-17-19(25-12-8-5-9-13-25)22-15(2)23-20(17)27-18(14)21(26)24(3)16-10-6-4-7-11-16/h16H,4-13H2,1-3H3. The summed E-state index contributed by atoms with van der Waals surface area (Å²) < 4.78 is 0. The highest BCUT2D eigenvalue weighted by molar-refractivity contribution is 7.20. The Balaban J connectivity index is 1.71. The van der Waals surface area contributed by atoms with Gasteiger partial charge in [-0.25, -0.2) is 9.97 Å². The zero-order chi connectivity index (χ0) is 19.0. The SMILES string of the molecule is Cc1nc(N2CCCCC2)c2c(C)c(C(=O)N(C)C3CCCCC3)sc2n1. The van der Waals surface area contributed by atoms with Gasteiger partial charge in [-0.05, 0) is 51.5 Å². The number of fused-ring (bicyclic) bond motifs is 1. The number of thiophene rings is 1. The van der Waals surface area contributed by atoms with Crippen molar-refractivity contribution in [3.8, 4) is 0 Å². The van der Waals surface area contributed by atoms with Gasteiger partial charge in [-0.3, -0.25) is 4.79 Å². The summed E-state index contributed by atoms with van der Waals surface area (Å²) in [7, 11) is 1.98. The van der Waals surface area contributed by atoms with Gasteiger partial charge < -0.3 is 9.80 Å². The number of rotatable bonds is 3. The van der Waals surface area contributed by atoms with E-state index in [1.807, 2.05) is 18.9 Å². The second-order valence-electron chi connectivity index (χ2n) is 8.09. The van der Waals surface area contributed by atoms with Gasteiger partial charge in [0.2, 0.25) is 0 Å². The molecule has 2 aromatic heterocycles. The number of anilines is 1. The summed E-state index contributed by atoms with van der Waals surface area (Å²) in [5.74, 6) is 1.99. The van der Waals surface area contributed by atoms with Crippen LogP contribution in [0.15, 0.2) is 0 Å². The molecular weight excluding hydrogens is 356 g/mol. The molecule has 0 unspecified atom stereocenters. The molecule has 0 bridgehead atoms. The Morgan fingerprint density at radius 3 is 2.41 bits per heavy atom. The first kappa shape index (κ1) is 18.7. The molecule has 1 aliphatic carbocycles. The molecular formula is C21H30N4OS. The van der Waals surface area contributed by atoms with E-state index < -0.39 is 0 Å². The lowest BCUT2D eigenvalue weighted by atomic mass is 9.94. The summed E-state index contributed by atoms with van der Waals surface area (Å²) in [6.07, 6.45) is 9.74. The van der Waals surface area contributed by atoms with Crippen molar-refractivity contribution in [2.24, 2.45) is 0 Å². The molecule has 2 aliphatic rings. The summed E-state index contributed by atoms with van der Waals surface area (Å²) >= 11 is 1.55. The van der Waals surface area contributed by atoms with Crippen LogP contribution in [0.1, 0.15) is 72.4 Å². The highest BCUT2D eigenvalue weighted by Crippen LogP contribution is 2.37. The zero-order valence-electron chi connectivity index (χ0n) is 16.8. The maximum atomic E-state index is 13.3. The number of carbonyl (C=O) groups excluding carboxylic acids is 1. The average molecular weight is 387 g/mol. The molecule has 1 saturated heterocycles. The van der Waals surface area contributed by atoms with Crippen LogP contribution >= 0.6 is 11.3 Å². The van der Waals surface area contributed by atoms with Crippen LogP contribution in [0.2, 0.25) is 0 Å². The number of hydrogen-bond acceptors (Lipinski definition) is 5. The monoisotopic (exact) mass is 386 g/mol. The predicted octanol–water partition coefficient (Wildman–Crippen LogP) is 4.70. The van der Waals surface area contributed by atoms with Crippen LogP contribution in [0.3, 0.4) is 0 Å². The normalized spacial score (nSPS) is 18.9. The molecule has 5 nitrogen and oxygen atoms in total. The van der Waals surface area contributed by atoms with E-state index in [4.69, 9.17) is 4.98 Å². The molecule has 0 atom stereocenters. The van der Waals surface area contributed by atoms with Crippen LogP contribution in [0.25, 0.3) is 10.2 Å². The zero-order valence-corrected chi connectivity index (χ0v) is 17.6. The van der Waals surface area contributed by atoms with Crippen molar-refractivity contribution in [1.82, 2.24) is 14.9 Å². The van der Waals surface area contributed by atoms with Gasteiger partial charge in [0.15, 0.2) is 0 Å². The molecule has 1 amide bonds. The highest BCUT2D eigenvalue weighted by Gasteiger charge is 2.28. The molecule has 27 heavy (non-hydrogen) atoms. The van der Waals surface area contributed by atoms with Gasteiger partial charge >= 0.3 is 0 Å². The topological polar surface area (TPSA) is 49.3 Å². The molecule has 0 radical (unpaired) electrons. The van der Waals surface area contributed by atoms with Crippen molar-refractivity contribution in [2.45, 2.75) is 71.3 Å². The van der Waals surface area contributed by atoms with E-state index in [0.29, 0.717) is 6.04 Å². The van der Waals surface area contributed by atoms with Crippen molar-refractivity contribution >= 4 is 33.3 Å². The molecule has 0 aromatic carbocycles. The Kier molecular flexibility index (Phi) is 5.35. The largest absolute Gasteiger partial charge is 0.356 e. The van der Waals surface area contributed by atoms with Gasteiger partial charge in [-0.2, -0.15) is 0 Å². The number of hydrogen-bond donors (Lipinski definition) is 0. The number of amides is 1. The fourth-order valence-electron chi connectivity index (χ4n) is 4.55. The lowest BCUT2D eigenvalue weighted by Gasteiger charge is -2.31.